The van der Waals surface area contributed by atoms with Crippen LogP contribution in [0, 0.1) is 12.8 Å². The van der Waals surface area contributed by atoms with Crippen LogP contribution in [0.15, 0.2) is 12.1 Å². The zero-order valence-electron chi connectivity index (χ0n) is 21.7. The first kappa shape index (κ1) is 24.4. The van der Waals surface area contributed by atoms with Crippen LogP contribution >= 0.6 is 0 Å². The van der Waals surface area contributed by atoms with Crippen LogP contribution in [0.4, 0.5) is 0 Å². The third kappa shape index (κ3) is 5.66. The van der Waals surface area contributed by atoms with Crippen molar-refractivity contribution in [2.45, 2.75) is 130 Å². The van der Waals surface area contributed by atoms with Crippen LogP contribution in [0.2, 0.25) is 0 Å². The summed E-state index contributed by atoms with van der Waals surface area (Å²) in [6, 6.07) is 5.01. The summed E-state index contributed by atoms with van der Waals surface area (Å²) in [5.74, 6) is 0.839. The monoisotopic (exact) mass is 399 g/mol. The molecule has 0 aromatic heterocycles. The molecule has 1 saturated heterocycles. The zero-order chi connectivity index (χ0) is 22.4. The molecular weight excluding hydrogens is 350 g/mol. The van der Waals surface area contributed by atoms with Crippen molar-refractivity contribution < 1.29 is 0 Å². The van der Waals surface area contributed by atoms with Gasteiger partial charge in [0.15, 0.2) is 0 Å². The Morgan fingerprint density at radius 2 is 1.28 bits per heavy atom. The molecule has 1 fully saturated rings. The van der Waals surface area contributed by atoms with Crippen LogP contribution in [-0.4, -0.2) is 23.0 Å². The van der Waals surface area contributed by atoms with Gasteiger partial charge in [0.25, 0.3) is 0 Å². The molecule has 0 radical (unpaired) electrons. The number of hydrogen-bond acceptors (Lipinski definition) is 1. The average Bonchev–Trinajstić information content (AvgIpc) is 2.51. The van der Waals surface area contributed by atoms with Gasteiger partial charge in [0, 0.05) is 11.1 Å². The van der Waals surface area contributed by atoms with E-state index in [1.807, 2.05) is 0 Å². The fourth-order valence-electron chi connectivity index (χ4n) is 5.85. The van der Waals surface area contributed by atoms with Crippen LogP contribution in [0.5, 0.6) is 0 Å². The van der Waals surface area contributed by atoms with Crippen molar-refractivity contribution in [2.24, 2.45) is 5.92 Å². The van der Waals surface area contributed by atoms with E-state index in [1.54, 1.807) is 0 Å². The maximum absolute atomic E-state index is 2.60. The Morgan fingerprint density at radius 3 is 1.66 bits per heavy atom. The summed E-state index contributed by atoms with van der Waals surface area (Å²) in [4.78, 5) is 2.60. The number of rotatable bonds is 4. The molecule has 2 rings (SSSR count). The Hall–Kier alpha value is -0.820. The minimum absolute atomic E-state index is 0.197. The molecule has 0 spiro atoms. The molecule has 0 aliphatic carbocycles. The van der Waals surface area contributed by atoms with Gasteiger partial charge < -0.3 is 0 Å². The molecule has 1 aromatic carbocycles. The molecule has 1 nitrogen and oxygen atoms in total. The molecule has 1 heteroatoms. The van der Waals surface area contributed by atoms with Gasteiger partial charge in [0.1, 0.15) is 0 Å². The quantitative estimate of drug-likeness (QED) is 0.499. The number of piperidine rings is 1. The Morgan fingerprint density at radius 1 is 0.862 bits per heavy atom. The Kier molecular flexibility index (Phi) is 6.77. The lowest BCUT2D eigenvalue weighted by Crippen LogP contribution is -2.58. The highest BCUT2D eigenvalue weighted by atomic mass is 15.2. The van der Waals surface area contributed by atoms with E-state index < -0.39 is 0 Å². The normalized spacial score (nSPS) is 20.8. The van der Waals surface area contributed by atoms with E-state index in [1.165, 1.54) is 54.4 Å². The van der Waals surface area contributed by atoms with Gasteiger partial charge in [-0.3, -0.25) is 4.90 Å². The van der Waals surface area contributed by atoms with Crippen LogP contribution in [0.3, 0.4) is 0 Å². The number of hydrogen-bond donors (Lipinski definition) is 0. The molecule has 1 aliphatic heterocycles. The molecule has 0 atom stereocenters. The zero-order valence-corrected chi connectivity index (χ0v) is 21.7. The van der Waals surface area contributed by atoms with Gasteiger partial charge in [-0.2, -0.15) is 0 Å². The lowest BCUT2D eigenvalue weighted by Gasteiger charge is -2.54. The molecule has 0 bridgehead atoms. The SMILES string of the molecule is Cc1c(C(C)(C)C)cc(CCCC2CC(C)(C)N(C)C(C)(C)C2)cc1C(C)(C)C. The second-order valence-corrected chi connectivity index (χ2v) is 13.2. The fraction of sp³-hybridized carbons (Fsp3) is 0.786. The summed E-state index contributed by atoms with van der Waals surface area (Å²) >= 11 is 0. The second-order valence-electron chi connectivity index (χ2n) is 13.2. The van der Waals surface area contributed by atoms with Crippen molar-refractivity contribution in [1.82, 2.24) is 4.90 Å². The summed E-state index contributed by atoms with van der Waals surface area (Å²) in [5.41, 5.74) is 7.08. The summed E-state index contributed by atoms with van der Waals surface area (Å²) < 4.78 is 0. The number of aryl methyl sites for hydroxylation is 1. The lowest BCUT2D eigenvalue weighted by molar-refractivity contribution is -0.0319. The van der Waals surface area contributed by atoms with Crippen LogP contribution in [0.1, 0.15) is 117 Å². The van der Waals surface area contributed by atoms with E-state index in [0.717, 1.165) is 5.92 Å². The highest BCUT2D eigenvalue weighted by Crippen LogP contribution is 2.42. The summed E-state index contributed by atoms with van der Waals surface area (Å²) in [6.45, 7) is 26.2. The van der Waals surface area contributed by atoms with Crippen LogP contribution in [0.25, 0.3) is 0 Å². The maximum atomic E-state index is 2.60. The van der Waals surface area contributed by atoms with E-state index in [9.17, 15) is 0 Å². The van der Waals surface area contributed by atoms with Gasteiger partial charge in [-0.1, -0.05) is 53.7 Å². The van der Waals surface area contributed by atoms with Crippen LogP contribution < -0.4 is 0 Å². The number of nitrogens with zero attached hydrogens (tertiary/aromatic N) is 1. The molecule has 1 aromatic rings. The number of benzene rings is 1. The first-order valence-electron chi connectivity index (χ1n) is 11.8. The molecule has 1 aliphatic rings. The molecular formula is C28H49N. The summed E-state index contributed by atoms with van der Waals surface area (Å²) in [7, 11) is 2.31. The maximum Gasteiger partial charge on any atom is 0.0158 e. The third-order valence-electron chi connectivity index (χ3n) is 7.55. The largest absolute Gasteiger partial charge is 0.296 e. The highest BCUT2D eigenvalue weighted by Gasteiger charge is 2.42. The highest BCUT2D eigenvalue weighted by molar-refractivity contribution is 5.45. The predicted molar refractivity (Wildman–Crippen MR) is 130 cm³/mol. The second kappa shape index (κ2) is 8.03. The first-order chi connectivity index (χ1) is 12.9. The predicted octanol–water partition coefficient (Wildman–Crippen LogP) is 7.81. The van der Waals surface area contributed by atoms with Gasteiger partial charge in [-0.25, -0.2) is 0 Å². The van der Waals surface area contributed by atoms with Gasteiger partial charge in [0.2, 0.25) is 0 Å². The first-order valence-corrected chi connectivity index (χ1v) is 11.8. The molecule has 0 amide bonds. The third-order valence-corrected chi connectivity index (χ3v) is 7.55. The van der Waals surface area contributed by atoms with Crippen molar-refractivity contribution in [2.75, 3.05) is 7.05 Å². The summed E-state index contributed by atoms with van der Waals surface area (Å²) in [5, 5.41) is 0. The smallest absolute Gasteiger partial charge is 0.0158 e. The minimum atomic E-state index is 0.197. The molecule has 0 saturated carbocycles. The fourth-order valence-corrected chi connectivity index (χ4v) is 5.85. The van der Waals surface area contributed by atoms with Crippen molar-refractivity contribution >= 4 is 0 Å². The molecule has 0 unspecified atom stereocenters. The Bertz CT molecular complexity index is 656. The molecule has 0 N–H and O–H groups in total. The van der Waals surface area contributed by atoms with Crippen LogP contribution in [-0.2, 0) is 17.3 Å². The topological polar surface area (TPSA) is 3.24 Å². The molecule has 166 valence electrons. The van der Waals surface area contributed by atoms with Gasteiger partial charge >= 0.3 is 0 Å². The van der Waals surface area contributed by atoms with Gasteiger partial charge in [0.05, 0.1) is 0 Å². The molecule has 1 heterocycles. The minimum Gasteiger partial charge on any atom is -0.296 e. The van der Waals surface area contributed by atoms with Gasteiger partial charge in [-0.15, -0.1) is 0 Å². The van der Waals surface area contributed by atoms with E-state index in [-0.39, 0.29) is 10.8 Å². The Balaban J connectivity index is 2.17. The van der Waals surface area contributed by atoms with Crippen molar-refractivity contribution in [1.29, 1.82) is 0 Å². The van der Waals surface area contributed by atoms with Crippen molar-refractivity contribution in [3.63, 3.8) is 0 Å². The van der Waals surface area contributed by atoms with Crippen molar-refractivity contribution in [3.8, 4) is 0 Å². The van der Waals surface area contributed by atoms with E-state index in [4.69, 9.17) is 0 Å². The summed E-state index contributed by atoms with van der Waals surface area (Å²) in [6.07, 6.45) is 6.50. The standard InChI is InChI=1S/C28H49N/c1-20-23(25(2,3)4)16-21(17-24(20)26(5,6)7)14-13-15-22-18-27(8,9)29(12)28(10,11)19-22/h16-17,22H,13-15,18-19H2,1-12H3. The number of likely N-dealkylation sites (tertiary alicyclic amines) is 1. The van der Waals surface area contributed by atoms with E-state index >= 15 is 0 Å². The van der Waals surface area contributed by atoms with E-state index in [2.05, 4.69) is 100 Å². The van der Waals surface area contributed by atoms with Gasteiger partial charge in [-0.05, 0) is 113 Å². The van der Waals surface area contributed by atoms with Crippen molar-refractivity contribution in [3.05, 3.63) is 34.4 Å². The lowest BCUT2D eigenvalue weighted by atomic mass is 9.72. The Labute approximate surface area is 182 Å². The molecule has 29 heavy (non-hydrogen) atoms. The average molecular weight is 400 g/mol. The van der Waals surface area contributed by atoms with E-state index in [0.29, 0.717) is 11.1 Å².